The summed E-state index contributed by atoms with van der Waals surface area (Å²) in [5.41, 5.74) is 4.67. The molecule has 4 N–H and O–H groups in total. The lowest BCUT2D eigenvalue weighted by atomic mass is 10.1. The second-order valence-electron chi connectivity index (χ2n) is 6.48. The second-order valence-corrected chi connectivity index (χ2v) is 6.48. The molecule has 4 amide bonds. The van der Waals surface area contributed by atoms with Crippen LogP contribution in [0.2, 0.25) is 0 Å². The maximum Gasteiger partial charge on any atom is 0.335 e. The summed E-state index contributed by atoms with van der Waals surface area (Å²) in [6.45, 7) is 6.83. The van der Waals surface area contributed by atoms with Gasteiger partial charge in [0.25, 0.3) is 0 Å². The molecule has 0 aromatic heterocycles. The van der Waals surface area contributed by atoms with Crippen LogP contribution in [0.5, 0.6) is 0 Å². The van der Waals surface area contributed by atoms with Gasteiger partial charge in [-0.3, -0.25) is 0 Å². The van der Waals surface area contributed by atoms with Crippen molar-refractivity contribution in [1.29, 1.82) is 0 Å². The number of ether oxygens (including phenoxy) is 1. The Kier molecular flexibility index (Phi) is 7.40. The first-order valence-electron chi connectivity index (χ1n) is 8.81. The zero-order valence-electron chi connectivity index (χ0n) is 15.5. The molecule has 2 rings (SSSR count). The van der Waals surface area contributed by atoms with E-state index in [0.29, 0.717) is 17.9 Å². The predicted molar refractivity (Wildman–Crippen MR) is 101 cm³/mol. The van der Waals surface area contributed by atoms with Gasteiger partial charge in [0.2, 0.25) is 0 Å². The normalized spacial score (nSPS) is 17.1. The molecule has 1 atom stereocenters. The van der Waals surface area contributed by atoms with Crippen LogP contribution < -0.4 is 21.4 Å². The molecule has 142 valence electrons. The molecular formula is C18H27N5O3. The Morgan fingerprint density at radius 1 is 1.23 bits per heavy atom. The first-order chi connectivity index (χ1) is 12.4. The molecule has 1 aliphatic heterocycles. The number of hydrogen-bond donors (Lipinski definition) is 4. The van der Waals surface area contributed by atoms with E-state index in [-0.39, 0.29) is 24.2 Å². The number of nitrogens with zero attached hydrogens (tertiary/aromatic N) is 1. The van der Waals surface area contributed by atoms with E-state index in [2.05, 4.69) is 26.5 Å². The lowest BCUT2D eigenvalue weighted by Crippen LogP contribution is -2.37. The second kappa shape index (κ2) is 9.76. The fourth-order valence-electron chi connectivity index (χ4n) is 2.47. The third-order valence-electron chi connectivity index (χ3n) is 3.82. The van der Waals surface area contributed by atoms with Gasteiger partial charge >= 0.3 is 12.1 Å². The first-order valence-corrected chi connectivity index (χ1v) is 8.81. The van der Waals surface area contributed by atoms with Crippen molar-refractivity contribution in [2.24, 2.45) is 5.10 Å². The third kappa shape index (κ3) is 6.72. The van der Waals surface area contributed by atoms with Gasteiger partial charge < -0.3 is 20.7 Å². The zero-order chi connectivity index (χ0) is 18.9. The maximum absolute atomic E-state index is 11.8. The summed E-state index contributed by atoms with van der Waals surface area (Å²) in [6.07, 6.45) is 2.10. The van der Waals surface area contributed by atoms with E-state index in [1.54, 1.807) is 19.1 Å². The molecule has 0 radical (unpaired) electrons. The first kappa shape index (κ1) is 19.7. The van der Waals surface area contributed by atoms with Gasteiger partial charge in [-0.25, -0.2) is 15.0 Å². The molecule has 1 saturated heterocycles. The minimum atomic E-state index is -0.358. The van der Waals surface area contributed by atoms with Crippen molar-refractivity contribution in [3.63, 3.8) is 0 Å². The molecule has 1 aromatic carbocycles. The monoisotopic (exact) mass is 361 g/mol. The molecular weight excluding hydrogens is 334 g/mol. The Balaban J connectivity index is 1.80. The van der Waals surface area contributed by atoms with E-state index in [9.17, 15) is 9.59 Å². The Bertz CT molecular complexity index is 637. The summed E-state index contributed by atoms with van der Waals surface area (Å²) in [7, 11) is 0. The summed E-state index contributed by atoms with van der Waals surface area (Å²) >= 11 is 0. The topological polar surface area (TPSA) is 104 Å². The third-order valence-corrected chi connectivity index (χ3v) is 3.82. The molecule has 1 fully saturated rings. The van der Waals surface area contributed by atoms with Crippen molar-refractivity contribution in [1.82, 2.24) is 16.1 Å². The molecule has 0 spiro atoms. The average Bonchev–Trinajstić information content (AvgIpc) is 3.11. The smallest absolute Gasteiger partial charge is 0.335 e. The molecule has 1 aromatic rings. The van der Waals surface area contributed by atoms with Crippen molar-refractivity contribution >= 4 is 23.5 Å². The number of carbonyl (C=O) groups excluding carboxylic acids is 2. The van der Waals surface area contributed by atoms with E-state index in [1.165, 1.54) is 0 Å². The highest BCUT2D eigenvalue weighted by atomic mass is 16.5. The number of rotatable bonds is 6. The van der Waals surface area contributed by atoms with Crippen molar-refractivity contribution in [2.75, 3.05) is 18.5 Å². The average molecular weight is 361 g/mol. The SMILES string of the molecule is CC(=NNC(=O)NCC1CCCO1)c1ccc(NC(=O)NC(C)C)cc1. The maximum atomic E-state index is 11.8. The lowest BCUT2D eigenvalue weighted by molar-refractivity contribution is 0.111. The van der Waals surface area contributed by atoms with Gasteiger partial charge in [-0.1, -0.05) is 12.1 Å². The number of amides is 4. The quantitative estimate of drug-likeness (QED) is 0.462. The van der Waals surface area contributed by atoms with Crippen LogP contribution in [0.25, 0.3) is 0 Å². The summed E-state index contributed by atoms with van der Waals surface area (Å²) in [4.78, 5) is 23.4. The fourth-order valence-corrected chi connectivity index (χ4v) is 2.47. The summed E-state index contributed by atoms with van der Waals surface area (Å²) < 4.78 is 5.45. The lowest BCUT2D eigenvalue weighted by Gasteiger charge is -2.11. The van der Waals surface area contributed by atoms with Gasteiger partial charge in [0, 0.05) is 24.9 Å². The van der Waals surface area contributed by atoms with Crippen molar-refractivity contribution in [2.45, 2.75) is 45.8 Å². The molecule has 1 unspecified atom stereocenters. The van der Waals surface area contributed by atoms with E-state index < -0.39 is 0 Å². The number of carbonyl (C=O) groups is 2. The molecule has 8 heteroatoms. The van der Waals surface area contributed by atoms with Crippen LogP contribution in [-0.2, 0) is 4.74 Å². The van der Waals surface area contributed by atoms with Gasteiger partial charge in [0.1, 0.15) is 0 Å². The van der Waals surface area contributed by atoms with Crippen LogP contribution in [0, 0.1) is 0 Å². The van der Waals surface area contributed by atoms with Gasteiger partial charge in [-0.15, -0.1) is 0 Å². The van der Waals surface area contributed by atoms with Crippen molar-refractivity contribution < 1.29 is 14.3 Å². The van der Waals surface area contributed by atoms with Crippen LogP contribution in [0.3, 0.4) is 0 Å². The fraction of sp³-hybridized carbons (Fsp3) is 0.500. The predicted octanol–water partition coefficient (Wildman–Crippen LogP) is 2.42. The highest BCUT2D eigenvalue weighted by Crippen LogP contribution is 2.11. The highest BCUT2D eigenvalue weighted by Gasteiger charge is 2.15. The summed E-state index contributed by atoms with van der Waals surface area (Å²) in [5, 5.41) is 12.3. The van der Waals surface area contributed by atoms with Gasteiger partial charge in [-0.2, -0.15) is 5.10 Å². The molecule has 0 bridgehead atoms. The summed E-state index contributed by atoms with van der Waals surface area (Å²) in [6, 6.07) is 6.69. The number of anilines is 1. The highest BCUT2D eigenvalue weighted by molar-refractivity contribution is 5.99. The van der Waals surface area contributed by atoms with E-state index >= 15 is 0 Å². The molecule has 8 nitrogen and oxygen atoms in total. The molecule has 0 aliphatic carbocycles. The number of urea groups is 2. The van der Waals surface area contributed by atoms with Crippen LogP contribution in [0.15, 0.2) is 29.4 Å². The van der Waals surface area contributed by atoms with Crippen molar-refractivity contribution in [3.8, 4) is 0 Å². The largest absolute Gasteiger partial charge is 0.376 e. The van der Waals surface area contributed by atoms with Crippen molar-refractivity contribution in [3.05, 3.63) is 29.8 Å². The van der Waals surface area contributed by atoms with Gasteiger partial charge in [-0.05, 0) is 51.3 Å². The number of benzene rings is 1. The summed E-state index contributed by atoms with van der Waals surface area (Å²) in [5.74, 6) is 0. The zero-order valence-corrected chi connectivity index (χ0v) is 15.5. The Hall–Kier alpha value is -2.61. The number of hydrazone groups is 1. The Morgan fingerprint density at radius 3 is 2.58 bits per heavy atom. The number of nitrogens with one attached hydrogen (secondary N) is 4. The minimum absolute atomic E-state index is 0.0705. The van der Waals surface area contributed by atoms with E-state index in [4.69, 9.17) is 4.74 Å². The molecule has 1 heterocycles. The molecule has 1 aliphatic rings. The van der Waals surface area contributed by atoms with Crippen LogP contribution >= 0.6 is 0 Å². The van der Waals surface area contributed by atoms with Crippen LogP contribution in [-0.4, -0.2) is 43.1 Å². The van der Waals surface area contributed by atoms with E-state index in [0.717, 1.165) is 25.0 Å². The van der Waals surface area contributed by atoms with Crippen LogP contribution in [0.1, 0.15) is 39.2 Å². The molecule has 0 saturated carbocycles. The van der Waals surface area contributed by atoms with Crippen LogP contribution in [0.4, 0.5) is 15.3 Å². The van der Waals surface area contributed by atoms with Gasteiger partial charge in [0.15, 0.2) is 0 Å². The number of hydrogen-bond acceptors (Lipinski definition) is 4. The van der Waals surface area contributed by atoms with Gasteiger partial charge in [0.05, 0.1) is 11.8 Å². The Labute approximate surface area is 153 Å². The standard InChI is InChI=1S/C18H27N5O3/c1-12(2)20-18(25)21-15-8-6-14(7-9-15)13(3)22-23-17(24)19-11-16-5-4-10-26-16/h6-9,12,16H,4-5,10-11H2,1-3H3,(H2,19,23,24)(H2,20,21,25). The Morgan fingerprint density at radius 2 is 1.96 bits per heavy atom. The molecule has 26 heavy (non-hydrogen) atoms. The van der Waals surface area contributed by atoms with E-state index in [1.807, 2.05) is 26.0 Å². The minimum Gasteiger partial charge on any atom is -0.376 e.